The molecule has 0 bridgehead atoms. The minimum atomic E-state index is -0.178. The van der Waals surface area contributed by atoms with Gasteiger partial charge in [0.1, 0.15) is 6.54 Å². The fourth-order valence-corrected chi connectivity index (χ4v) is 3.24. The Morgan fingerprint density at radius 3 is 2.77 bits per heavy atom. The van der Waals surface area contributed by atoms with Crippen molar-refractivity contribution in [2.75, 3.05) is 19.7 Å². The molecule has 1 aromatic heterocycles. The Balaban J connectivity index is 1.62. The van der Waals surface area contributed by atoms with E-state index in [0.29, 0.717) is 13.1 Å². The summed E-state index contributed by atoms with van der Waals surface area (Å²) < 4.78 is 7.42. The standard InChI is InChI=1S/C17H22N2O3/c1-14-5-11-22-17(12-14)6-9-18(10-7-17)16(21)13-19-8-3-2-4-15(19)20/h2-4,8,12H,5-7,9-11,13H2,1H3. The Morgan fingerprint density at radius 1 is 1.32 bits per heavy atom. The lowest BCUT2D eigenvalue weighted by Crippen LogP contribution is -2.49. The first-order valence-corrected chi connectivity index (χ1v) is 7.84. The van der Waals surface area contributed by atoms with E-state index in [-0.39, 0.29) is 23.6 Å². The van der Waals surface area contributed by atoms with Gasteiger partial charge in [0.05, 0.1) is 12.2 Å². The first-order valence-electron chi connectivity index (χ1n) is 7.84. The van der Waals surface area contributed by atoms with Crippen molar-refractivity contribution in [1.82, 2.24) is 9.47 Å². The van der Waals surface area contributed by atoms with E-state index in [2.05, 4.69) is 13.0 Å². The van der Waals surface area contributed by atoms with Crippen molar-refractivity contribution in [3.63, 3.8) is 0 Å². The molecule has 0 atom stereocenters. The molecule has 0 saturated carbocycles. The normalized spacial score (nSPS) is 20.8. The molecular formula is C17H22N2O3. The summed E-state index contributed by atoms with van der Waals surface area (Å²) in [5.41, 5.74) is 1.06. The Kier molecular flexibility index (Phi) is 4.16. The molecule has 1 aromatic rings. The zero-order valence-corrected chi connectivity index (χ0v) is 13.0. The summed E-state index contributed by atoms with van der Waals surface area (Å²) in [4.78, 5) is 25.9. The number of likely N-dealkylation sites (tertiary alicyclic amines) is 1. The number of hydrogen-bond donors (Lipinski definition) is 0. The van der Waals surface area contributed by atoms with Crippen LogP contribution in [0.4, 0.5) is 0 Å². The predicted octanol–water partition coefficient (Wildman–Crippen LogP) is 1.58. The van der Waals surface area contributed by atoms with Crippen LogP contribution in [0, 0.1) is 0 Å². The van der Waals surface area contributed by atoms with Crippen molar-refractivity contribution < 1.29 is 9.53 Å². The topological polar surface area (TPSA) is 51.5 Å². The van der Waals surface area contributed by atoms with Gasteiger partial charge < -0.3 is 14.2 Å². The average molecular weight is 302 g/mol. The molecule has 1 spiro atoms. The molecule has 2 aliphatic heterocycles. The number of carbonyl (C=O) groups is 1. The Labute approximate surface area is 130 Å². The SMILES string of the molecule is CC1=CC2(CCN(C(=O)Cn3ccccc3=O)CC2)OCC1. The highest BCUT2D eigenvalue weighted by Crippen LogP contribution is 2.32. The quantitative estimate of drug-likeness (QED) is 0.779. The second kappa shape index (κ2) is 6.08. The van der Waals surface area contributed by atoms with Crippen molar-refractivity contribution in [1.29, 1.82) is 0 Å². The number of piperidine rings is 1. The molecule has 0 aromatic carbocycles. The maximum atomic E-state index is 12.4. The van der Waals surface area contributed by atoms with Crippen LogP contribution in [-0.2, 0) is 16.1 Å². The summed E-state index contributed by atoms with van der Waals surface area (Å²) in [7, 11) is 0. The molecule has 3 heterocycles. The number of ether oxygens (including phenoxy) is 1. The molecule has 5 heteroatoms. The van der Waals surface area contributed by atoms with E-state index in [1.807, 2.05) is 4.90 Å². The maximum Gasteiger partial charge on any atom is 0.250 e. The number of carbonyl (C=O) groups excluding carboxylic acids is 1. The van der Waals surface area contributed by atoms with Crippen LogP contribution in [0.5, 0.6) is 0 Å². The van der Waals surface area contributed by atoms with E-state index in [0.717, 1.165) is 25.9 Å². The molecule has 1 fully saturated rings. The van der Waals surface area contributed by atoms with Gasteiger partial charge in [0.25, 0.3) is 5.56 Å². The first-order chi connectivity index (χ1) is 10.6. The minimum absolute atomic E-state index is 0.000314. The highest BCUT2D eigenvalue weighted by atomic mass is 16.5. The third kappa shape index (κ3) is 3.14. The van der Waals surface area contributed by atoms with Gasteiger partial charge in [-0.1, -0.05) is 17.7 Å². The van der Waals surface area contributed by atoms with Gasteiger partial charge in [-0.3, -0.25) is 9.59 Å². The van der Waals surface area contributed by atoms with Gasteiger partial charge in [0.2, 0.25) is 5.91 Å². The third-order valence-electron chi connectivity index (χ3n) is 4.56. The molecule has 0 aliphatic carbocycles. The molecular weight excluding hydrogens is 280 g/mol. The zero-order chi connectivity index (χ0) is 15.6. The maximum absolute atomic E-state index is 12.4. The smallest absolute Gasteiger partial charge is 0.250 e. The number of aromatic nitrogens is 1. The number of rotatable bonds is 2. The fourth-order valence-electron chi connectivity index (χ4n) is 3.24. The Bertz CT molecular complexity index is 639. The lowest BCUT2D eigenvalue weighted by Gasteiger charge is -2.42. The molecule has 0 unspecified atom stereocenters. The lowest BCUT2D eigenvalue weighted by molar-refractivity contribution is -0.136. The van der Waals surface area contributed by atoms with Crippen molar-refractivity contribution in [3.8, 4) is 0 Å². The largest absolute Gasteiger partial charge is 0.370 e. The molecule has 118 valence electrons. The number of nitrogens with zero attached hydrogens (tertiary/aromatic N) is 2. The van der Waals surface area contributed by atoms with Crippen LogP contribution in [0.3, 0.4) is 0 Å². The van der Waals surface area contributed by atoms with E-state index >= 15 is 0 Å². The fraction of sp³-hybridized carbons (Fsp3) is 0.529. The van der Waals surface area contributed by atoms with Gasteiger partial charge in [0.15, 0.2) is 0 Å². The van der Waals surface area contributed by atoms with Crippen molar-refractivity contribution in [2.24, 2.45) is 0 Å². The van der Waals surface area contributed by atoms with Gasteiger partial charge in [-0.25, -0.2) is 0 Å². The van der Waals surface area contributed by atoms with Gasteiger partial charge >= 0.3 is 0 Å². The number of hydrogen-bond acceptors (Lipinski definition) is 3. The highest BCUT2D eigenvalue weighted by molar-refractivity contribution is 5.76. The molecule has 2 aliphatic rings. The van der Waals surface area contributed by atoms with Crippen molar-refractivity contribution in [3.05, 3.63) is 46.4 Å². The van der Waals surface area contributed by atoms with Crippen molar-refractivity contribution in [2.45, 2.75) is 38.3 Å². The number of amides is 1. The molecule has 5 nitrogen and oxygen atoms in total. The Hall–Kier alpha value is -1.88. The van der Waals surface area contributed by atoms with E-state index in [1.54, 1.807) is 18.3 Å². The number of pyridine rings is 1. The minimum Gasteiger partial charge on any atom is -0.370 e. The summed E-state index contributed by atoms with van der Waals surface area (Å²) in [6, 6.07) is 4.92. The molecule has 1 amide bonds. The predicted molar refractivity (Wildman–Crippen MR) is 83.6 cm³/mol. The van der Waals surface area contributed by atoms with Crippen LogP contribution in [-0.4, -0.2) is 40.7 Å². The lowest BCUT2D eigenvalue weighted by atomic mass is 9.87. The van der Waals surface area contributed by atoms with Crippen LogP contribution in [0.15, 0.2) is 40.8 Å². The van der Waals surface area contributed by atoms with Crippen LogP contribution >= 0.6 is 0 Å². The summed E-state index contributed by atoms with van der Waals surface area (Å²) in [5.74, 6) is -0.000314. The van der Waals surface area contributed by atoms with Crippen LogP contribution in [0.25, 0.3) is 0 Å². The van der Waals surface area contributed by atoms with E-state index in [4.69, 9.17) is 4.74 Å². The summed E-state index contributed by atoms with van der Waals surface area (Å²) in [6.07, 6.45) is 6.56. The summed E-state index contributed by atoms with van der Waals surface area (Å²) in [5, 5.41) is 0. The molecule has 3 rings (SSSR count). The van der Waals surface area contributed by atoms with E-state index in [9.17, 15) is 9.59 Å². The van der Waals surface area contributed by atoms with Gasteiger partial charge in [-0.05, 0) is 32.3 Å². The zero-order valence-electron chi connectivity index (χ0n) is 13.0. The van der Waals surface area contributed by atoms with E-state index in [1.165, 1.54) is 16.2 Å². The average Bonchev–Trinajstić information content (AvgIpc) is 2.50. The third-order valence-corrected chi connectivity index (χ3v) is 4.56. The van der Waals surface area contributed by atoms with Gasteiger partial charge in [-0.2, -0.15) is 0 Å². The van der Waals surface area contributed by atoms with Crippen LogP contribution in [0.1, 0.15) is 26.2 Å². The summed E-state index contributed by atoms with van der Waals surface area (Å²) in [6.45, 7) is 4.40. The first kappa shape index (κ1) is 15.0. The molecule has 1 saturated heterocycles. The summed E-state index contributed by atoms with van der Waals surface area (Å²) >= 11 is 0. The van der Waals surface area contributed by atoms with Gasteiger partial charge in [0, 0.05) is 25.4 Å². The second-order valence-corrected chi connectivity index (χ2v) is 6.20. The van der Waals surface area contributed by atoms with Crippen LogP contribution in [0.2, 0.25) is 0 Å². The molecule has 22 heavy (non-hydrogen) atoms. The molecule has 0 radical (unpaired) electrons. The van der Waals surface area contributed by atoms with Gasteiger partial charge in [-0.15, -0.1) is 0 Å². The molecule has 0 N–H and O–H groups in total. The highest BCUT2D eigenvalue weighted by Gasteiger charge is 2.36. The monoisotopic (exact) mass is 302 g/mol. The van der Waals surface area contributed by atoms with Crippen LogP contribution < -0.4 is 5.56 Å². The Morgan fingerprint density at radius 2 is 2.09 bits per heavy atom. The van der Waals surface area contributed by atoms with Crippen molar-refractivity contribution >= 4 is 5.91 Å². The van der Waals surface area contributed by atoms with E-state index < -0.39 is 0 Å². The second-order valence-electron chi connectivity index (χ2n) is 6.20.